The Labute approximate surface area is 241 Å². The maximum absolute atomic E-state index is 13.3. The molecule has 1 saturated heterocycles. The molecule has 1 aliphatic rings. The molecule has 0 aliphatic carbocycles. The molecule has 0 saturated carbocycles. The van der Waals surface area contributed by atoms with E-state index in [1.807, 2.05) is 45.0 Å². The molecule has 8 nitrogen and oxygen atoms in total. The van der Waals surface area contributed by atoms with Crippen LogP contribution < -0.4 is 24.4 Å². The number of rotatable bonds is 10. The molecule has 0 atom stereocenters. The Kier molecular flexibility index (Phi) is 9.23. The van der Waals surface area contributed by atoms with Crippen LogP contribution in [0.3, 0.4) is 0 Å². The van der Waals surface area contributed by atoms with Crippen molar-refractivity contribution in [3.8, 4) is 17.2 Å². The minimum atomic E-state index is -0.811. The minimum Gasteiger partial charge on any atom is -0.494 e. The Morgan fingerprint density at radius 1 is 0.923 bits per heavy atom. The number of carbonyl (C=O) groups is 3. The van der Waals surface area contributed by atoms with Gasteiger partial charge in [0.15, 0.2) is 11.5 Å². The summed E-state index contributed by atoms with van der Waals surface area (Å²) in [5.41, 5.74) is 2.89. The quantitative estimate of drug-likeness (QED) is 0.165. The van der Waals surface area contributed by atoms with Crippen LogP contribution in [-0.2, 0) is 16.2 Å². The molecule has 3 aromatic rings. The first-order chi connectivity index (χ1) is 18.8. The van der Waals surface area contributed by atoms with Gasteiger partial charge in [-0.25, -0.2) is 9.69 Å². The molecule has 4 rings (SSSR count). The van der Waals surface area contributed by atoms with Gasteiger partial charge < -0.3 is 14.2 Å². The normalized spacial score (nSPS) is 14.4. The van der Waals surface area contributed by atoms with Gasteiger partial charge in [0, 0.05) is 0 Å². The first kappa shape index (κ1) is 28.2. The van der Waals surface area contributed by atoms with Crippen molar-refractivity contribution in [1.29, 1.82) is 0 Å². The summed E-state index contributed by atoms with van der Waals surface area (Å²) in [5, 5.41) is 2.26. The molecule has 0 radical (unpaired) electrons. The van der Waals surface area contributed by atoms with Crippen LogP contribution in [0.2, 0.25) is 0 Å². The number of aryl methyl sites for hydroxylation is 1. The summed E-state index contributed by atoms with van der Waals surface area (Å²) < 4.78 is 18.3. The number of hydrogen-bond donors (Lipinski definition) is 1. The number of imide groups is 2. The minimum absolute atomic E-state index is 0.174. The molecule has 3 aromatic carbocycles. The number of urea groups is 1. The third kappa shape index (κ3) is 6.78. The predicted molar refractivity (Wildman–Crippen MR) is 157 cm³/mol. The van der Waals surface area contributed by atoms with Gasteiger partial charge in [0.25, 0.3) is 11.8 Å². The maximum Gasteiger partial charge on any atom is 0.335 e. The number of benzene rings is 3. The van der Waals surface area contributed by atoms with E-state index in [-0.39, 0.29) is 5.57 Å². The average Bonchev–Trinajstić information content (AvgIpc) is 2.91. The van der Waals surface area contributed by atoms with Crippen LogP contribution in [0.15, 0.2) is 66.2 Å². The SMILES string of the molecule is CCCOc1ccc(N2C(=O)NC(=O)/C(=C/c3cc(I)c(OCc4ccc(C)cc4)c(OCC)c3)C2=O)cc1. The summed E-state index contributed by atoms with van der Waals surface area (Å²) in [6.45, 7) is 7.21. The Morgan fingerprint density at radius 3 is 2.31 bits per heavy atom. The maximum atomic E-state index is 13.3. The van der Waals surface area contributed by atoms with Crippen LogP contribution >= 0.6 is 22.6 Å². The fourth-order valence-corrected chi connectivity index (χ4v) is 4.67. The highest BCUT2D eigenvalue weighted by molar-refractivity contribution is 14.1. The number of nitrogens with one attached hydrogen (secondary N) is 1. The van der Waals surface area contributed by atoms with E-state index in [1.165, 1.54) is 11.6 Å². The van der Waals surface area contributed by atoms with Gasteiger partial charge >= 0.3 is 6.03 Å². The van der Waals surface area contributed by atoms with Crippen LogP contribution in [0.1, 0.15) is 37.0 Å². The van der Waals surface area contributed by atoms with Crippen molar-refractivity contribution in [2.24, 2.45) is 0 Å². The zero-order chi connectivity index (χ0) is 27.9. The van der Waals surface area contributed by atoms with Crippen molar-refractivity contribution in [1.82, 2.24) is 5.32 Å². The van der Waals surface area contributed by atoms with Gasteiger partial charge in [-0.05, 0) is 96.5 Å². The number of nitrogens with zero attached hydrogens (tertiary/aromatic N) is 1. The van der Waals surface area contributed by atoms with Crippen molar-refractivity contribution in [2.75, 3.05) is 18.1 Å². The van der Waals surface area contributed by atoms with E-state index in [9.17, 15) is 14.4 Å². The van der Waals surface area contributed by atoms with E-state index < -0.39 is 17.8 Å². The average molecular weight is 640 g/mol. The third-order valence-corrected chi connectivity index (χ3v) is 6.62. The molecule has 0 unspecified atom stereocenters. The van der Waals surface area contributed by atoms with Gasteiger partial charge in [0.2, 0.25) is 0 Å². The third-order valence-electron chi connectivity index (χ3n) is 5.82. The molecule has 1 heterocycles. The lowest BCUT2D eigenvalue weighted by molar-refractivity contribution is -0.122. The molecule has 1 N–H and O–H groups in total. The molecule has 0 bridgehead atoms. The zero-order valence-corrected chi connectivity index (χ0v) is 24.1. The second-order valence-corrected chi connectivity index (χ2v) is 10.00. The van der Waals surface area contributed by atoms with Crippen molar-refractivity contribution in [2.45, 2.75) is 33.8 Å². The van der Waals surface area contributed by atoms with Gasteiger partial charge in [0.1, 0.15) is 17.9 Å². The largest absolute Gasteiger partial charge is 0.494 e. The van der Waals surface area contributed by atoms with Gasteiger partial charge in [-0.15, -0.1) is 0 Å². The fraction of sp³-hybridized carbons (Fsp3) is 0.233. The first-order valence-electron chi connectivity index (χ1n) is 12.6. The Morgan fingerprint density at radius 2 is 1.64 bits per heavy atom. The Balaban J connectivity index is 1.61. The Hall–Kier alpha value is -3.86. The monoisotopic (exact) mass is 640 g/mol. The molecule has 1 aliphatic heterocycles. The molecule has 1 fully saturated rings. The zero-order valence-electron chi connectivity index (χ0n) is 22.0. The lowest BCUT2D eigenvalue weighted by Crippen LogP contribution is -2.54. The van der Waals surface area contributed by atoms with Crippen molar-refractivity contribution in [3.63, 3.8) is 0 Å². The molecule has 0 spiro atoms. The van der Waals surface area contributed by atoms with Crippen molar-refractivity contribution in [3.05, 3.63) is 86.5 Å². The lowest BCUT2D eigenvalue weighted by atomic mass is 10.1. The lowest BCUT2D eigenvalue weighted by Gasteiger charge is -2.26. The highest BCUT2D eigenvalue weighted by Crippen LogP contribution is 2.36. The Bertz CT molecular complexity index is 1400. The number of ether oxygens (including phenoxy) is 3. The number of halogens is 1. The molecule has 4 amide bonds. The topological polar surface area (TPSA) is 94.2 Å². The standard InChI is InChI=1S/C30H29IN2O6/c1-4-14-38-23-12-10-22(11-13-23)33-29(35)24(28(34)32-30(33)36)15-21-16-25(31)27(26(17-21)37-5-2)39-18-20-8-6-19(3)7-9-20/h6-13,15-17H,4-5,14,18H2,1-3H3,(H,32,34,36)/b24-15-. The predicted octanol–water partition coefficient (Wildman–Crippen LogP) is 6.03. The van der Waals surface area contributed by atoms with Gasteiger partial charge in [-0.1, -0.05) is 36.8 Å². The summed E-state index contributed by atoms with van der Waals surface area (Å²) in [4.78, 5) is 39.6. The van der Waals surface area contributed by atoms with Crippen molar-refractivity contribution < 1.29 is 28.6 Å². The van der Waals surface area contributed by atoms with Crippen LogP contribution in [0.4, 0.5) is 10.5 Å². The van der Waals surface area contributed by atoms with E-state index in [4.69, 9.17) is 14.2 Å². The number of barbiturate groups is 1. The number of anilines is 1. The molecule has 0 aromatic heterocycles. The van der Waals surface area contributed by atoms with Gasteiger partial charge in [0.05, 0.1) is 22.5 Å². The van der Waals surface area contributed by atoms with Crippen LogP contribution in [-0.4, -0.2) is 31.1 Å². The smallest absolute Gasteiger partial charge is 0.335 e. The molecule has 202 valence electrons. The second-order valence-electron chi connectivity index (χ2n) is 8.84. The molecule has 39 heavy (non-hydrogen) atoms. The van der Waals surface area contributed by atoms with E-state index >= 15 is 0 Å². The van der Waals surface area contributed by atoms with Crippen LogP contribution in [0.5, 0.6) is 17.2 Å². The van der Waals surface area contributed by atoms with E-state index in [1.54, 1.807) is 36.4 Å². The van der Waals surface area contributed by atoms with Crippen molar-refractivity contribution >= 4 is 52.2 Å². The fourth-order valence-electron chi connectivity index (χ4n) is 3.88. The van der Waals surface area contributed by atoms with E-state index in [0.717, 1.165) is 20.5 Å². The highest BCUT2D eigenvalue weighted by Gasteiger charge is 2.37. The van der Waals surface area contributed by atoms with Gasteiger partial charge in [-0.3, -0.25) is 14.9 Å². The van der Waals surface area contributed by atoms with E-state index in [2.05, 4.69) is 27.9 Å². The summed E-state index contributed by atoms with van der Waals surface area (Å²) >= 11 is 2.14. The first-order valence-corrected chi connectivity index (χ1v) is 13.7. The highest BCUT2D eigenvalue weighted by atomic mass is 127. The summed E-state index contributed by atoms with van der Waals surface area (Å²) in [6.07, 6.45) is 2.30. The summed E-state index contributed by atoms with van der Waals surface area (Å²) in [6, 6.07) is 17.3. The van der Waals surface area contributed by atoms with E-state index in [0.29, 0.717) is 48.3 Å². The summed E-state index contributed by atoms with van der Waals surface area (Å²) in [7, 11) is 0. The molecule has 9 heteroatoms. The number of carbonyl (C=O) groups excluding carboxylic acids is 3. The molecular weight excluding hydrogens is 611 g/mol. The molecular formula is C30H29IN2O6. The van der Waals surface area contributed by atoms with Crippen LogP contribution in [0, 0.1) is 10.5 Å². The number of hydrogen-bond acceptors (Lipinski definition) is 6. The summed E-state index contributed by atoms with van der Waals surface area (Å²) in [5.74, 6) is 0.194. The van der Waals surface area contributed by atoms with Gasteiger partial charge in [-0.2, -0.15) is 0 Å². The number of amides is 4. The van der Waals surface area contributed by atoms with Crippen LogP contribution in [0.25, 0.3) is 6.08 Å². The second kappa shape index (κ2) is 12.8.